The predicted octanol–water partition coefficient (Wildman–Crippen LogP) is 5.60. The maximum absolute atomic E-state index is 9.26. The average Bonchev–Trinajstić information content (AvgIpc) is 3.33. The van der Waals surface area contributed by atoms with E-state index in [0.717, 1.165) is 36.5 Å². The smallest absolute Gasteiger partial charge is 0.270 e. The highest BCUT2D eigenvalue weighted by atomic mass is 32.1. The van der Waals surface area contributed by atoms with Gasteiger partial charge >= 0.3 is 0 Å². The van der Waals surface area contributed by atoms with Crippen molar-refractivity contribution in [2.45, 2.75) is 12.8 Å². The topological polar surface area (TPSA) is 40.1 Å². The third kappa shape index (κ3) is 2.91. The largest absolute Gasteiger partial charge is 0.372 e. The van der Waals surface area contributed by atoms with Gasteiger partial charge < -0.3 is 4.90 Å². The first-order valence-electron chi connectivity index (χ1n) is 7.99. The van der Waals surface area contributed by atoms with Gasteiger partial charge in [0.2, 0.25) is 11.4 Å². The van der Waals surface area contributed by atoms with Crippen LogP contribution >= 0.6 is 11.3 Å². The lowest BCUT2D eigenvalue weighted by Crippen LogP contribution is -2.16. The molecule has 1 aliphatic rings. The van der Waals surface area contributed by atoms with E-state index in [9.17, 15) is 5.26 Å². The van der Waals surface area contributed by atoms with Crippen molar-refractivity contribution in [1.29, 1.82) is 5.26 Å². The van der Waals surface area contributed by atoms with E-state index in [4.69, 9.17) is 19.7 Å². The maximum Gasteiger partial charge on any atom is 0.270 e. The van der Waals surface area contributed by atoms with Gasteiger partial charge in [0.25, 0.3) is 5.70 Å². The van der Waals surface area contributed by atoms with Gasteiger partial charge in [0.1, 0.15) is 0 Å². The molecule has 1 aliphatic heterocycles. The van der Waals surface area contributed by atoms with E-state index in [1.54, 1.807) is 0 Å². The molecule has 124 valence electrons. The zero-order valence-electron chi connectivity index (χ0n) is 13.9. The number of nitrogens with zero attached hydrogens (tertiary/aromatic N) is 5. The van der Waals surface area contributed by atoms with Gasteiger partial charge in [-0.05, 0) is 24.0 Å². The zero-order valence-corrected chi connectivity index (χ0v) is 14.7. The summed E-state index contributed by atoms with van der Waals surface area (Å²) in [6, 6.07) is 11.2. The minimum atomic E-state index is -0.233. The average molecular weight is 355 g/mol. The molecule has 5 nitrogen and oxygen atoms in total. The van der Waals surface area contributed by atoms with Crippen molar-refractivity contribution in [2.24, 2.45) is 0 Å². The predicted molar refractivity (Wildman–Crippen MR) is 103 cm³/mol. The molecule has 1 aromatic heterocycles. The quantitative estimate of drug-likeness (QED) is 0.531. The van der Waals surface area contributed by atoms with Gasteiger partial charge in [-0.25, -0.2) is 19.8 Å². The van der Waals surface area contributed by atoms with E-state index >= 15 is 0 Å². The van der Waals surface area contributed by atoms with Crippen LogP contribution in [-0.4, -0.2) is 13.1 Å². The fraction of sp³-hybridized carbons (Fsp3) is 0.200. The van der Waals surface area contributed by atoms with Crippen LogP contribution in [0.15, 0.2) is 36.0 Å². The first-order chi connectivity index (χ1) is 12.7. The zero-order chi connectivity index (χ0) is 18.5. The normalized spacial score (nSPS) is 13.9. The molecule has 0 N–H and O–H groups in total. The van der Waals surface area contributed by atoms with Crippen molar-refractivity contribution in [2.75, 3.05) is 18.0 Å². The molecule has 26 heavy (non-hydrogen) atoms. The van der Waals surface area contributed by atoms with Crippen LogP contribution in [0.25, 0.3) is 31.4 Å². The highest BCUT2D eigenvalue weighted by Gasteiger charge is 2.28. The van der Waals surface area contributed by atoms with Crippen LogP contribution < -0.4 is 4.90 Å². The van der Waals surface area contributed by atoms with Gasteiger partial charge in [0.05, 0.1) is 30.8 Å². The fourth-order valence-corrected chi connectivity index (χ4v) is 4.34. The third-order valence-corrected chi connectivity index (χ3v) is 5.45. The Morgan fingerprint density at radius 3 is 2.31 bits per heavy atom. The molecule has 2 heterocycles. The van der Waals surface area contributed by atoms with Crippen molar-refractivity contribution in [3.63, 3.8) is 0 Å². The summed E-state index contributed by atoms with van der Waals surface area (Å²) in [6.45, 7) is 24.2. The van der Waals surface area contributed by atoms with Crippen molar-refractivity contribution >= 4 is 27.7 Å². The molecule has 0 aliphatic carbocycles. The van der Waals surface area contributed by atoms with Gasteiger partial charge in [-0.1, -0.05) is 30.3 Å². The molecule has 0 spiro atoms. The molecule has 0 radical (unpaired) electrons. The monoisotopic (exact) mass is 355 g/mol. The number of rotatable bonds is 3. The van der Waals surface area contributed by atoms with Crippen LogP contribution in [0.1, 0.15) is 17.7 Å². The second-order valence-corrected chi connectivity index (χ2v) is 6.66. The Kier molecular flexibility index (Phi) is 5.00. The van der Waals surface area contributed by atoms with E-state index in [1.165, 1.54) is 11.3 Å². The minimum absolute atomic E-state index is 0.0294. The van der Waals surface area contributed by atoms with Crippen molar-refractivity contribution in [1.82, 2.24) is 0 Å². The summed E-state index contributed by atoms with van der Waals surface area (Å²) in [4.78, 5) is 13.2. The SMILES string of the molecule is [C-]#[N+]C(C#N)=C([N+]#[C-])c1sc(N2CCCC2)c([N+]#[C-])c1-c1ccccc1. The van der Waals surface area contributed by atoms with Gasteiger partial charge in [0, 0.05) is 18.0 Å². The number of nitriles is 1. The van der Waals surface area contributed by atoms with E-state index in [-0.39, 0.29) is 11.4 Å². The molecule has 3 rings (SSSR count). The molecule has 0 unspecified atom stereocenters. The lowest BCUT2D eigenvalue weighted by Gasteiger charge is -2.15. The van der Waals surface area contributed by atoms with Crippen molar-refractivity contribution in [3.8, 4) is 17.2 Å². The van der Waals surface area contributed by atoms with Crippen LogP contribution in [0.3, 0.4) is 0 Å². The molecule has 0 amide bonds. The Morgan fingerprint density at radius 1 is 1.08 bits per heavy atom. The number of hydrogen-bond donors (Lipinski definition) is 0. The maximum atomic E-state index is 9.26. The van der Waals surface area contributed by atoms with Gasteiger partial charge in [-0.3, -0.25) is 0 Å². The first kappa shape index (κ1) is 17.2. The van der Waals surface area contributed by atoms with Crippen LogP contribution in [0.4, 0.5) is 10.7 Å². The van der Waals surface area contributed by atoms with E-state index in [2.05, 4.69) is 19.4 Å². The summed E-state index contributed by atoms with van der Waals surface area (Å²) in [5.41, 5.74) is 1.76. The van der Waals surface area contributed by atoms with Crippen molar-refractivity contribution in [3.05, 3.63) is 75.2 Å². The molecule has 1 saturated heterocycles. The number of allylic oxidation sites excluding steroid dienone is 1. The molecule has 0 bridgehead atoms. The lowest BCUT2D eigenvalue weighted by molar-refractivity contribution is 0.949. The highest BCUT2D eigenvalue weighted by Crippen LogP contribution is 2.52. The highest BCUT2D eigenvalue weighted by molar-refractivity contribution is 7.18. The summed E-state index contributed by atoms with van der Waals surface area (Å²) in [6.07, 6.45) is 2.14. The van der Waals surface area contributed by atoms with Gasteiger partial charge in [-0.2, -0.15) is 0 Å². The molecular formula is C20H13N5S. The summed E-state index contributed by atoms with van der Waals surface area (Å²) in [5, 5.41) is 10.1. The number of thiophene rings is 1. The van der Waals surface area contributed by atoms with E-state index in [0.29, 0.717) is 16.1 Å². The first-order valence-corrected chi connectivity index (χ1v) is 8.81. The van der Waals surface area contributed by atoms with Crippen LogP contribution in [0.5, 0.6) is 0 Å². The van der Waals surface area contributed by atoms with E-state index in [1.807, 2.05) is 36.4 Å². The Labute approximate surface area is 156 Å². The standard InChI is InChI=1S/C20H13N5S/c1-22-15(13-21)17(23-2)19-16(14-9-5-4-6-10-14)18(24-3)20(26-19)25-11-7-8-12-25/h4-6,9-10H,7-8,11-12H2. The van der Waals surface area contributed by atoms with Crippen LogP contribution in [0.2, 0.25) is 0 Å². The second kappa shape index (κ2) is 7.54. The molecule has 1 aromatic carbocycles. The summed E-state index contributed by atoms with van der Waals surface area (Å²) in [5.74, 6) is 0. The molecule has 6 heteroatoms. The summed E-state index contributed by atoms with van der Waals surface area (Å²) in [7, 11) is 0. The van der Waals surface area contributed by atoms with Crippen LogP contribution in [-0.2, 0) is 0 Å². The Hall–Kier alpha value is -3.58. The number of benzene rings is 1. The molecule has 0 atom stereocenters. The third-order valence-electron chi connectivity index (χ3n) is 4.20. The minimum Gasteiger partial charge on any atom is -0.372 e. The van der Waals surface area contributed by atoms with E-state index < -0.39 is 0 Å². The van der Waals surface area contributed by atoms with Crippen molar-refractivity contribution < 1.29 is 0 Å². The summed E-state index contributed by atoms with van der Waals surface area (Å²) >= 11 is 1.34. The molecule has 0 saturated carbocycles. The Morgan fingerprint density at radius 2 is 1.77 bits per heavy atom. The van der Waals surface area contributed by atoms with Crippen LogP contribution in [0, 0.1) is 31.0 Å². The second-order valence-electron chi connectivity index (χ2n) is 5.66. The summed E-state index contributed by atoms with van der Waals surface area (Å²) < 4.78 is 0. The lowest BCUT2D eigenvalue weighted by atomic mass is 10.0. The number of anilines is 1. The van der Waals surface area contributed by atoms with Gasteiger partial charge in [0.15, 0.2) is 0 Å². The van der Waals surface area contributed by atoms with Gasteiger partial charge in [-0.15, -0.1) is 11.3 Å². The Bertz CT molecular complexity index is 1010. The molecule has 1 fully saturated rings. The Balaban J connectivity index is 2.36. The molecular weight excluding hydrogens is 342 g/mol. The fourth-order valence-electron chi connectivity index (χ4n) is 3.03. The molecule has 2 aromatic rings. The number of hydrogen-bond acceptors (Lipinski definition) is 3.